The fourth-order valence-corrected chi connectivity index (χ4v) is 1.71. The first-order valence-corrected chi connectivity index (χ1v) is 5.81. The highest BCUT2D eigenvalue weighted by Gasteiger charge is 2.04. The fraction of sp³-hybridized carbons (Fsp3) is 0.200. The molecule has 0 radical (unpaired) electrons. The number of methoxy groups -OCH3 is 1. The number of nitrogens with two attached hydrogens (primary N) is 1. The van der Waals surface area contributed by atoms with Crippen molar-refractivity contribution in [1.82, 2.24) is 0 Å². The molecule has 0 saturated carbocycles. The van der Waals surface area contributed by atoms with Gasteiger partial charge in [-0.25, -0.2) is 0 Å². The van der Waals surface area contributed by atoms with Gasteiger partial charge in [0, 0.05) is 6.07 Å². The molecular formula is C15H17NO2. The molecule has 0 unspecified atom stereocenters. The van der Waals surface area contributed by atoms with Gasteiger partial charge in [-0.15, -0.1) is 0 Å². The van der Waals surface area contributed by atoms with Crippen LogP contribution in [-0.4, -0.2) is 7.11 Å². The Labute approximate surface area is 107 Å². The summed E-state index contributed by atoms with van der Waals surface area (Å²) < 4.78 is 10.8. The summed E-state index contributed by atoms with van der Waals surface area (Å²) in [6, 6.07) is 13.6. The molecule has 0 amide bonds. The summed E-state index contributed by atoms with van der Waals surface area (Å²) in [6.07, 6.45) is 0. The lowest BCUT2D eigenvalue weighted by atomic mass is 10.1. The van der Waals surface area contributed by atoms with Crippen LogP contribution in [0.15, 0.2) is 42.5 Å². The van der Waals surface area contributed by atoms with Crippen LogP contribution in [0.2, 0.25) is 0 Å². The third-order valence-electron chi connectivity index (χ3n) is 2.86. The minimum Gasteiger partial charge on any atom is -0.497 e. The van der Waals surface area contributed by atoms with E-state index in [1.54, 1.807) is 13.2 Å². The first-order chi connectivity index (χ1) is 8.70. The second-order valence-electron chi connectivity index (χ2n) is 4.12. The van der Waals surface area contributed by atoms with Crippen molar-refractivity contribution in [3.05, 3.63) is 53.6 Å². The molecule has 0 aliphatic heterocycles. The van der Waals surface area contributed by atoms with Gasteiger partial charge in [-0.05, 0) is 30.2 Å². The van der Waals surface area contributed by atoms with Crippen LogP contribution in [-0.2, 0) is 6.61 Å². The molecule has 0 aliphatic rings. The van der Waals surface area contributed by atoms with E-state index in [-0.39, 0.29) is 0 Å². The van der Waals surface area contributed by atoms with Crippen LogP contribution < -0.4 is 15.2 Å². The Balaban J connectivity index is 2.09. The summed E-state index contributed by atoms with van der Waals surface area (Å²) in [5.74, 6) is 1.41. The molecule has 2 rings (SSSR count). The van der Waals surface area contributed by atoms with Gasteiger partial charge in [-0.2, -0.15) is 0 Å². The average Bonchev–Trinajstić information content (AvgIpc) is 2.39. The lowest BCUT2D eigenvalue weighted by Gasteiger charge is -2.11. The summed E-state index contributed by atoms with van der Waals surface area (Å²) in [5.41, 5.74) is 8.85. The quantitative estimate of drug-likeness (QED) is 0.839. The normalized spacial score (nSPS) is 10.1. The molecule has 0 aliphatic carbocycles. The van der Waals surface area contributed by atoms with E-state index in [1.165, 1.54) is 5.56 Å². The summed E-state index contributed by atoms with van der Waals surface area (Å²) >= 11 is 0. The van der Waals surface area contributed by atoms with Crippen LogP contribution in [0.25, 0.3) is 0 Å². The molecule has 3 heteroatoms. The molecular weight excluding hydrogens is 226 g/mol. The highest BCUT2D eigenvalue weighted by Crippen LogP contribution is 2.27. The predicted octanol–water partition coefficient (Wildman–Crippen LogP) is 3.16. The van der Waals surface area contributed by atoms with Crippen molar-refractivity contribution in [2.75, 3.05) is 12.8 Å². The van der Waals surface area contributed by atoms with Gasteiger partial charge in [-0.3, -0.25) is 0 Å². The van der Waals surface area contributed by atoms with E-state index in [1.807, 2.05) is 24.3 Å². The highest BCUT2D eigenvalue weighted by atomic mass is 16.5. The van der Waals surface area contributed by atoms with Crippen LogP contribution >= 0.6 is 0 Å². The van der Waals surface area contributed by atoms with Crippen molar-refractivity contribution in [3.8, 4) is 11.5 Å². The van der Waals surface area contributed by atoms with Crippen LogP contribution in [0, 0.1) is 6.92 Å². The fourth-order valence-electron chi connectivity index (χ4n) is 1.71. The van der Waals surface area contributed by atoms with E-state index in [4.69, 9.17) is 15.2 Å². The molecule has 2 aromatic carbocycles. The van der Waals surface area contributed by atoms with Crippen LogP contribution in [0.5, 0.6) is 11.5 Å². The van der Waals surface area contributed by atoms with Crippen molar-refractivity contribution in [2.45, 2.75) is 13.5 Å². The van der Waals surface area contributed by atoms with Crippen molar-refractivity contribution < 1.29 is 9.47 Å². The molecule has 0 heterocycles. The highest BCUT2D eigenvalue weighted by molar-refractivity contribution is 5.56. The maximum absolute atomic E-state index is 5.89. The molecule has 0 aromatic heterocycles. The van der Waals surface area contributed by atoms with Gasteiger partial charge in [0.2, 0.25) is 0 Å². The molecule has 0 spiro atoms. The standard InChI is InChI=1S/C15H17NO2/c1-11-5-3-4-6-12(11)10-18-15-8-7-13(17-2)9-14(15)16/h3-9H,10,16H2,1-2H3. The number of rotatable bonds is 4. The van der Waals surface area contributed by atoms with Gasteiger partial charge >= 0.3 is 0 Å². The zero-order chi connectivity index (χ0) is 13.0. The second kappa shape index (κ2) is 5.45. The molecule has 2 N–H and O–H groups in total. The zero-order valence-corrected chi connectivity index (χ0v) is 10.6. The van der Waals surface area contributed by atoms with Crippen LogP contribution in [0.4, 0.5) is 5.69 Å². The van der Waals surface area contributed by atoms with E-state index < -0.39 is 0 Å². The van der Waals surface area contributed by atoms with Gasteiger partial charge in [-0.1, -0.05) is 24.3 Å². The summed E-state index contributed by atoms with van der Waals surface area (Å²) in [6.45, 7) is 2.58. The number of ether oxygens (including phenoxy) is 2. The molecule has 0 fully saturated rings. The van der Waals surface area contributed by atoms with Crippen molar-refractivity contribution in [3.63, 3.8) is 0 Å². The molecule has 0 atom stereocenters. The van der Waals surface area contributed by atoms with Crippen LogP contribution in [0.1, 0.15) is 11.1 Å². The minimum atomic E-state index is 0.517. The van der Waals surface area contributed by atoms with E-state index in [0.717, 1.165) is 11.3 Å². The van der Waals surface area contributed by atoms with Crippen molar-refractivity contribution >= 4 is 5.69 Å². The lowest BCUT2D eigenvalue weighted by molar-refractivity contribution is 0.306. The van der Waals surface area contributed by atoms with Gasteiger partial charge in [0.05, 0.1) is 12.8 Å². The van der Waals surface area contributed by atoms with Crippen molar-refractivity contribution in [2.24, 2.45) is 0 Å². The van der Waals surface area contributed by atoms with Gasteiger partial charge in [0.1, 0.15) is 18.1 Å². The van der Waals surface area contributed by atoms with E-state index in [2.05, 4.69) is 19.1 Å². The summed E-state index contributed by atoms with van der Waals surface area (Å²) in [5, 5.41) is 0. The molecule has 3 nitrogen and oxygen atoms in total. The van der Waals surface area contributed by atoms with E-state index in [9.17, 15) is 0 Å². The Morgan fingerprint density at radius 1 is 1.11 bits per heavy atom. The van der Waals surface area contributed by atoms with E-state index >= 15 is 0 Å². The largest absolute Gasteiger partial charge is 0.497 e. The number of nitrogen functional groups attached to an aromatic ring is 1. The Morgan fingerprint density at radius 3 is 2.56 bits per heavy atom. The topological polar surface area (TPSA) is 44.5 Å². The third-order valence-corrected chi connectivity index (χ3v) is 2.86. The Morgan fingerprint density at radius 2 is 1.89 bits per heavy atom. The van der Waals surface area contributed by atoms with Gasteiger partial charge < -0.3 is 15.2 Å². The molecule has 18 heavy (non-hydrogen) atoms. The number of hydrogen-bond acceptors (Lipinski definition) is 3. The number of hydrogen-bond donors (Lipinski definition) is 1. The predicted molar refractivity (Wildman–Crippen MR) is 72.9 cm³/mol. The third kappa shape index (κ3) is 2.74. The first kappa shape index (κ1) is 12.3. The summed E-state index contributed by atoms with van der Waals surface area (Å²) in [7, 11) is 1.61. The smallest absolute Gasteiger partial charge is 0.142 e. The van der Waals surface area contributed by atoms with Gasteiger partial charge in [0.15, 0.2) is 0 Å². The number of benzene rings is 2. The molecule has 0 saturated heterocycles. The SMILES string of the molecule is COc1ccc(OCc2ccccc2C)c(N)c1. The Kier molecular flexibility index (Phi) is 3.72. The minimum absolute atomic E-state index is 0.517. The Bertz CT molecular complexity index is 538. The maximum Gasteiger partial charge on any atom is 0.142 e. The van der Waals surface area contributed by atoms with Crippen LogP contribution in [0.3, 0.4) is 0 Å². The zero-order valence-electron chi connectivity index (χ0n) is 10.6. The molecule has 0 bridgehead atoms. The molecule has 94 valence electrons. The molecule has 2 aromatic rings. The first-order valence-electron chi connectivity index (χ1n) is 5.81. The van der Waals surface area contributed by atoms with E-state index in [0.29, 0.717) is 18.0 Å². The maximum atomic E-state index is 5.89. The number of aryl methyl sites for hydroxylation is 1. The van der Waals surface area contributed by atoms with Gasteiger partial charge in [0.25, 0.3) is 0 Å². The monoisotopic (exact) mass is 243 g/mol. The Hall–Kier alpha value is -2.16. The van der Waals surface area contributed by atoms with Crippen molar-refractivity contribution in [1.29, 1.82) is 0 Å². The average molecular weight is 243 g/mol. The number of anilines is 1. The summed E-state index contributed by atoms with van der Waals surface area (Å²) in [4.78, 5) is 0. The second-order valence-corrected chi connectivity index (χ2v) is 4.12. The lowest BCUT2D eigenvalue weighted by Crippen LogP contribution is -2.00.